The largest absolute Gasteiger partial charge is 0.490 e. The molecule has 0 fully saturated rings. The van der Waals surface area contributed by atoms with Crippen LogP contribution in [0.15, 0.2) is 30.3 Å². The molecule has 1 aromatic rings. The molecule has 0 amide bonds. The van der Waals surface area contributed by atoms with Gasteiger partial charge in [0.2, 0.25) is 0 Å². The number of hydrogen-bond acceptors (Lipinski definition) is 3. The van der Waals surface area contributed by atoms with Gasteiger partial charge in [0, 0.05) is 6.42 Å². The van der Waals surface area contributed by atoms with Crippen molar-refractivity contribution in [2.45, 2.75) is 51.9 Å². The summed E-state index contributed by atoms with van der Waals surface area (Å²) in [5.74, 6) is 0.691. The van der Waals surface area contributed by atoms with Crippen LogP contribution < -0.4 is 4.74 Å². The fourth-order valence-electron chi connectivity index (χ4n) is 1.95. The Morgan fingerprint density at radius 2 is 1.65 bits per heavy atom. The predicted molar refractivity (Wildman–Crippen MR) is 80.9 cm³/mol. The second-order valence-electron chi connectivity index (χ2n) is 4.90. The Morgan fingerprint density at radius 1 is 0.950 bits per heavy atom. The molecule has 1 aromatic carbocycles. The summed E-state index contributed by atoms with van der Waals surface area (Å²) in [4.78, 5) is 11.5. The van der Waals surface area contributed by atoms with E-state index >= 15 is 0 Å². The van der Waals surface area contributed by atoms with Crippen molar-refractivity contribution in [2.75, 3.05) is 13.2 Å². The molecular weight excluding hydrogens is 252 g/mol. The standard InChI is InChI=1S/C17H26O3/c1-2-3-4-5-6-10-13-17(18)20-15-14-19-16-11-8-7-9-12-16/h7-9,11-12H,2-6,10,13-15H2,1H3. The van der Waals surface area contributed by atoms with Crippen molar-refractivity contribution in [1.29, 1.82) is 0 Å². The van der Waals surface area contributed by atoms with E-state index in [2.05, 4.69) is 6.92 Å². The highest BCUT2D eigenvalue weighted by atomic mass is 16.6. The maximum absolute atomic E-state index is 11.5. The number of ether oxygens (including phenoxy) is 2. The molecule has 0 N–H and O–H groups in total. The molecule has 3 nitrogen and oxygen atoms in total. The van der Waals surface area contributed by atoms with Gasteiger partial charge in [0.25, 0.3) is 0 Å². The van der Waals surface area contributed by atoms with Gasteiger partial charge < -0.3 is 9.47 Å². The van der Waals surface area contributed by atoms with Crippen molar-refractivity contribution < 1.29 is 14.3 Å². The van der Waals surface area contributed by atoms with Crippen molar-refractivity contribution in [1.82, 2.24) is 0 Å². The quantitative estimate of drug-likeness (QED) is 0.445. The molecule has 0 aliphatic carbocycles. The van der Waals surface area contributed by atoms with Gasteiger partial charge in [0.05, 0.1) is 0 Å². The number of hydrogen-bond donors (Lipinski definition) is 0. The van der Waals surface area contributed by atoms with E-state index in [1.54, 1.807) is 0 Å². The zero-order valence-electron chi connectivity index (χ0n) is 12.5. The van der Waals surface area contributed by atoms with Gasteiger partial charge in [-0.2, -0.15) is 0 Å². The lowest BCUT2D eigenvalue weighted by atomic mass is 10.1. The van der Waals surface area contributed by atoms with E-state index in [0.29, 0.717) is 19.6 Å². The minimum Gasteiger partial charge on any atom is -0.490 e. The van der Waals surface area contributed by atoms with Gasteiger partial charge in [-0.15, -0.1) is 0 Å². The van der Waals surface area contributed by atoms with Gasteiger partial charge in [-0.25, -0.2) is 0 Å². The van der Waals surface area contributed by atoms with Crippen LogP contribution in [-0.2, 0) is 9.53 Å². The molecule has 0 aliphatic rings. The Labute approximate surface area is 122 Å². The van der Waals surface area contributed by atoms with Gasteiger partial charge in [0.1, 0.15) is 19.0 Å². The first-order chi connectivity index (χ1) is 9.83. The lowest BCUT2D eigenvalue weighted by Gasteiger charge is -2.07. The molecule has 0 saturated heterocycles. The molecular formula is C17H26O3. The maximum Gasteiger partial charge on any atom is 0.305 e. The second kappa shape index (κ2) is 11.3. The molecule has 0 aromatic heterocycles. The maximum atomic E-state index is 11.5. The summed E-state index contributed by atoms with van der Waals surface area (Å²) in [6.07, 6.45) is 7.62. The lowest BCUT2D eigenvalue weighted by Crippen LogP contribution is -2.11. The van der Waals surface area contributed by atoms with Crippen LogP contribution in [0.25, 0.3) is 0 Å². The smallest absolute Gasteiger partial charge is 0.305 e. The highest BCUT2D eigenvalue weighted by molar-refractivity contribution is 5.69. The topological polar surface area (TPSA) is 35.5 Å². The minimum atomic E-state index is -0.114. The molecule has 0 heterocycles. The Bertz CT molecular complexity index is 349. The van der Waals surface area contributed by atoms with Crippen LogP contribution in [0.2, 0.25) is 0 Å². The molecule has 3 heteroatoms. The van der Waals surface area contributed by atoms with E-state index in [1.165, 1.54) is 25.7 Å². The predicted octanol–water partition coefficient (Wildman–Crippen LogP) is 4.36. The normalized spacial score (nSPS) is 10.2. The molecule has 0 spiro atoms. The molecule has 0 saturated carbocycles. The van der Waals surface area contributed by atoms with E-state index < -0.39 is 0 Å². The van der Waals surface area contributed by atoms with Gasteiger partial charge in [0.15, 0.2) is 0 Å². The number of carbonyl (C=O) groups excluding carboxylic acids is 1. The van der Waals surface area contributed by atoms with E-state index in [1.807, 2.05) is 30.3 Å². The summed E-state index contributed by atoms with van der Waals surface area (Å²) < 4.78 is 10.6. The third kappa shape index (κ3) is 8.57. The summed E-state index contributed by atoms with van der Waals surface area (Å²) >= 11 is 0. The van der Waals surface area contributed by atoms with Gasteiger partial charge in [-0.05, 0) is 18.6 Å². The number of unbranched alkanes of at least 4 members (excludes halogenated alkanes) is 5. The highest BCUT2D eigenvalue weighted by Gasteiger charge is 2.02. The number of benzene rings is 1. The average molecular weight is 278 g/mol. The zero-order chi connectivity index (χ0) is 14.5. The Hall–Kier alpha value is -1.51. The highest BCUT2D eigenvalue weighted by Crippen LogP contribution is 2.09. The molecule has 0 radical (unpaired) electrons. The van der Waals surface area contributed by atoms with Crippen LogP contribution in [0, 0.1) is 0 Å². The Morgan fingerprint density at radius 3 is 2.40 bits per heavy atom. The third-order valence-electron chi connectivity index (χ3n) is 3.09. The molecule has 0 aliphatic heterocycles. The first kappa shape index (κ1) is 16.5. The zero-order valence-corrected chi connectivity index (χ0v) is 12.5. The van der Waals surface area contributed by atoms with Crippen LogP contribution in [-0.4, -0.2) is 19.2 Å². The van der Waals surface area contributed by atoms with Crippen LogP contribution in [0.4, 0.5) is 0 Å². The average Bonchev–Trinajstić information content (AvgIpc) is 2.48. The van der Waals surface area contributed by atoms with E-state index in [9.17, 15) is 4.79 Å². The summed E-state index contributed by atoms with van der Waals surface area (Å²) in [6, 6.07) is 9.55. The second-order valence-corrected chi connectivity index (χ2v) is 4.90. The fourth-order valence-corrected chi connectivity index (χ4v) is 1.95. The lowest BCUT2D eigenvalue weighted by molar-refractivity contribution is -0.144. The van der Waals surface area contributed by atoms with Crippen LogP contribution in [0.3, 0.4) is 0 Å². The summed E-state index contributed by atoms with van der Waals surface area (Å²) in [5, 5.41) is 0. The van der Waals surface area contributed by atoms with E-state index in [0.717, 1.165) is 18.6 Å². The molecule has 1 rings (SSSR count). The van der Waals surface area contributed by atoms with Crippen molar-refractivity contribution >= 4 is 5.97 Å². The monoisotopic (exact) mass is 278 g/mol. The van der Waals surface area contributed by atoms with Crippen LogP contribution in [0.5, 0.6) is 5.75 Å². The summed E-state index contributed by atoms with van der Waals surface area (Å²) in [5.41, 5.74) is 0. The number of rotatable bonds is 11. The van der Waals surface area contributed by atoms with Crippen molar-refractivity contribution in [3.8, 4) is 5.75 Å². The van der Waals surface area contributed by atoms with E-state index in [4.69, 9.17) is 9.47 Å². The minimum absolute atomic E-state index is 0.114. The number of para-hydroxylation sites is 1. The SMILES string of the molecule is CCCCCCCCC(=O)OCCOc1ccccc1. The molecule has 0 atom stereocenters. The van der Waals surface area contributed by atoms with Crippen molar-refractivity contribution in [3.05, 3.63) is 30.3 Å². The Balaban J connectivity index is 1.92. The first-order valence-electron chi connectivity index (χ1n) is 7.66. The summed E-state index contributed by atoms with van der Waals surface area (Å²) in [7, 11) is 0. The molecule has 20 heavy (non-hydrogen) atoms. The van der Waals surface area contributed by atoms with Gasteiger partial charge >= 0.3 is 5.97 Å². The fraction of sp³-hybridized carbons (Fsp3) is 0.588. The Kier molecular flexibility index (Phi) is 9.37. The number of esters is 1. The number of carbonyl (C=O) groups is 1. The van der Waals surface area contributed by atoms with Crippen LogP contribution in [0.1, 0.15) is 51.9 Å². The van der Waals surface area contributed by atoms with Crippen LogP contribution >= 0.6 is 0 Å². The molecule has 0 unspecified atom stereocenters. The van der Waals surface area contributed by atoms with Gasteiger partial charge in [-0.3, -0.25) is 4.79 Å². The third-order valence-corrected chi connectivity index (χ3v) is 3.09. The van der Waals surface area contributed by atoms with Crippen molar-refractivity contribution in [2.24, 2.45) is 0 Å². The molecule has 112 valence electrons. The van der Waals surface area contributed by atoms with Crippen molar-refractivity contribution in [3.63, 3.8) is 0 Å². The van der Waals surface area contributed by atoms with E-state index in [-0.39, 0.29) is 5.97 Å². The summed E-state index contributed by atoms with van der Waals surface area (Å²) in [6.45, 7) is 2.94. The first-order valence-corrected chi connectivity index (χ1v) is 7.66. The molecule has 0 bridgehead atoms. The van der Waals surface area contributed by atoms with Gasteiger partial charge in [-0.1, -0.05) is 57.2 Å².